The van der Waals surface area contributed by atoms with E-state index in [0.29, 0.717) is 16.7 Å². The van der Waals surface area contributed by atoms with E-state index in [-0.39, 0.29) is 5.96 Å². The van der Waals surface area contributed by atoms with Gasteiger partial charge in [-0.3, -0.25) is 15.1 Å². The Morgan fingerprint density at radius 3 is 2.29 bits per heavy atom. The summed E-state index contributed by atoms with van der Waals surface area (Å²) in [6.45, 7) is 3.37. The average Bonchev–Trinajstić information content (AvgIpc) is 2.59. The first kappa shape index (κ1) is 19.9. The standard InChI is InChI=1S/C20H19F4N3O/c1-11-10-14(21)8-9-15(11)19(2)16(17(28)27(3)18(25)26-19)12-4-6-13(7-5-12)20(22,23)24/h4-10,16H,1-3H3,(H2,25,26)/t16-,19-/m1/s1. The fraction of sp³-hybridized carbons (Fsp3) is 0.300. The second-order valence-electron chi connectivity index (χ2n) is 7.09. The monoisotopic (exact) mass is 393 g/mol. The maximum Gasteiger partial charge on any atom is 0.416 e. The van der Waals surface area contributed by atoms with E-state index < -0.39 is 34.9 Å². The molecule has 1 fully saturated rings. The van der Waals surface area contributed by atoms with Gasteiger partial charge in [0.2, 0.25) is 5.91 Å². The Morgan fingerprint density at radius 1 is 1.14 bits per heavy atom. The Hall–Kier alpha value is -2.90. The third kappa shape index (κ3) is 3.23. The van der Waals surface area contributed by atoms with Crippen LogP contribution in [-0.2, 0) is 16.5 Å². The summed E-state index contributed by atoms with van der Waals surface area (Å²) in [6, 6.07) is 8.51. The van der Waals surface area contributed by atoms with Crippen LogP contribution in [0.3, 0.4) is 0 Å². The number of amides is 1. The third-order valence-corrected chi connectivity index (χ3v) is 5.19. The highest BCUT2D eigenvalue weighted by Gasteiger charge is 2.49. The number of hydrogen-bond donors (Lipinski definition) is 2. The highest BCUT2D eigenvalue weighted by atomic mass is 19.4. The third-order valence-electron chi connectivity index (χ3n) is 5.19. The van der Waals surface area contributed by atoms with Gasteiger partial charge in [0.1, 0.15) is 5.82 Å². The highest BCUT2D eigenvalue weighted by molar-refractivity contribution is 6.02. The topological polar surface area (TPSA) is 56.2 Å². The molecular weight excluding hydrogens is 374 g/mol. The van der Waals surface area contributed by atoms with Crippen LogP contribution < -0.4 is 5.32 Å². The Kier molecular flexibility index (Phi) is 4.69. The van der Waals surface area contributed by atoms with Crippen LogP contribution in [0.2, 0.25) is 0 Å². The fourth-order valence-electron chi connectivity index (χ4n) is 3.73. The second-order valence-corrected chi connectivity index (χ2v) is 7.09. The van der Waals surface area contributed by atoms with Crippen LogP contribution in [0.25, 0.3) is 0 Å². The number of halogens is 4. The molecule has 0 aliphatic carbocycles. The Morgan fingerprint density at radius 2 is 1.75 bits per heavy atom. The van der Waals surface area contributed by atoms with E-state index in [2.05, 4.69) is 5.32 Å². The number of rotatable bonds is 2. The second kappa shape index (κ2) is 6.61. The zero-order chi connectivity index (χ0) is 20.9. The van der Waals surface area contributed by atoms with Crippen molar-refractivity contribution in [2.75, 3.05) is 7.05 Å². The summed E-state index contributed by atoms with van der Waals surface area (Å²) in [7, 11) is 1.42. The Bertz CT molecular complexity index is 939. The van der Waals surface area contributed by atoms with Crippen molar-refractivity contribution < 1.29 is 22.4 Å². The van der Waals surface area contributed by atoms with E-state index in [4.69, 9.17) is 5.41 Å². The largest absolute Gasteiger partial charge is 0.416 e. The number of aryl methyl sites for hydroxylation is 1. The van der Waals surface area contributed by atoms with Crippen molar-refractivity contribution in [2.45, 2.75) is 31.5 Å². The molecule has 1 heterocycles. The van der Waals surface area contributed by atoms with Gasteiger partial charge in [-0.25, -0.2) is 4.39 Å². The summed E-state index contributed by atoms with van der Waals surface area (Å²) in [5, 5.41) is 11.1. The summed E-state index contributed by atoms with van der Waals surface area (Å²) < 4.78 is 52.3. The lowest BCUT2D eigenvalue weighted by Gasteiger charge is -2.46. The van der Waals surface area contributed by atoms with Crippen molar-refractivity contribution in [1.82, 2.24) is 10.2 Å². The van der Waals surface area contributed by atoms with E-state index in [1.54, 1.807) is 13.8 Å². The molecule has 2 aromatic rings. The number of likely N-dealkylation sites (N-methyl/N-ethyl adjacent to an activating group) is 1. The van der Waals surface area contributed by atoms with Gasteiger partial charge in [0, 0.05) is 7.05 Å². The molecule has 4 nitrogen and oxygen atoms in total. The highest BCUT2D eigenvalue weighted by Crippen LogP contribution is 2.42. The van der Waals surface area contributed by atoms with Crippen LogP contribution in [0.15, 0.2) is 42.5 Å². The maximum absolute atomic E-state index is 13.6. The molecule has 2 atom stereocenters. The molecule has 28 heavy (non-hydrogen) atoms. The first-order valence-corrected chi connectivity index (χ1v) is 8.53. The molecular formula is C20H19F4N3O. The molecule has 1 aliphatic heterocycles. The molecule has 1 aliphatic rings. The number of alkyl halides is 3. The van der Waals surface area contributed by atoms with Crippen LogP contribution in [0.1, 0.15) is 35.1 Å². The van der Waals surface area contributed by atoms with Crippen molar-refractivity contribution >= 4 is 11.9 Å². The van der Waals surface area contributed by atoms with Crippen LogP contribution in [0.5, 0.6) is 0 Å². The Labute approximate surface area is 159 Å². The zero-order valence-corrected chi connectivity index (χ0v) is 15.5. The number of carbonyl (C=O) groups is 1. The molecule has 1 saturated heterocycles. The lowest BCUT2D eigenvalue weighted by molar-refractivity contribution is -0.137. The van der Waals surface area contributed by atoms with Gasteiger partial charge in [-0.2, -0.15) is 13.2 Å². The lowest BCUT2D eigenvalue weighted by atomic mass is 9.72. The van der Waals surface area contributed by atoms with Gasteiger partial charge >= 0.3 is 6.18 Å². The molecule has 0 spiro atoms. The van der Waals surface area contributed by atoms with Crippen LogP contribution in [0, 0.1) is 18.2 Å². The molecule has 0 radical (unpaired) electrons. The van der Waals surface area contributed by atoms with E-state index in [9.17, 15) is 22.4 Å². The van der Waals surface area contributed by atoms with E-state index in [1.165, 1.54) is 37.4 Å². The average molecular weight is 393 g/mol. The molecule has 8 heteroatoms. The summed E-state index contributed by atoms with van der Waals surface area (Å²) in [5.74, 6) is -1.92. The van der Waals surface area contributed by atoms with Gasteiger partial charge in [0.15, 0.2) is 5.96 Å². The van der Waals surface area contributed by atoms with Crippen molar-refractivity contribution in [3.05, 3.63) is 70.5 Å². The quantitative estimate of drug-likeness (QED) is 0.754. The van der Waals surface area contributed by atoms with Gasteiger partial charge in [0.25, 0.3) is 0 Å². The molecule has 2 N–H and O–H groups in total. The van der Waals surface area contributed by atoms with Crippen molar-refractivity contribution in [2.24, 2.45) is 0 Å². The van der Waals surface area contributed by atoms with Crippen molar-refractivity contribution in [1.29, 1.82) is 5.41 Å². The van der Waals surface area contributed by atoms with E-state index in [0.717, 1.165) is 17.0 Å². The number of guanidine groups is 1. The molecule has 0 unspecified atom stereocenters. The lowest BCUT2D eigenvalue weighted by Crippen LogP contribution is -2.62. The first-order valence-electron chi connectivity index (χ1n) is 8.53. The summed E-state index contributed by atoms with van der Waals surface area (Å²) in [6.07, 6.45) is -4.48. The van der Waals surface area contributed by atoms with Crippen molar-refractivity contribution in [3.8, 4) is 0 Å². The summed E-state index contributed by atoms with van der Waals surface area (Å²) in [5.41, 5.74) is -0.426. The minimum absolute atomic E-state index is 0.139. The first-order chi connectivity index (χ1) is 12.9. The number of benzene rings is 2. The predicted octanol–water partition coefficient (Wildman–Crippen LogP) is 4.15. The predicted molar refractivity (Wildman–Crippen MR) is 96.3 cm³/mol. The zero-order valence-electron chi connectivity index (χ0n) is 15.5. The van der Waals surface area contributed by atoms with Crippen LogP contribution in [0.4, 0.5) is 17.6 Å². The number of hydrogen-bond acceptors (Lipinski definition) is 2. The Balaban J connectivity index is 2.16. The number of nitrogens with one attached hydrogen (secondary N) is 2. The van der Waals surface area contributed by atoms with E-state index >= 15 is 0 Å². The molecule has 3 rings (SSSR count). The minimum Gasteiger partial charge on any atom is -0.346 e. The number of carbonyl (C=O) groups excluding carboxylic acids is 1. The van der Waals surface area contributed by atoms with Gasteiger partial charge in [0.05, 0.1) is 17.0 Å². The van der Waals surface area contributed by atoms with Crippen LogP contribution in [-0.4, -0.2) is 23.8 Å². The fourth-order valence-corrected chi connectivity index (χ4v) is 3.73. The minimum atomic E-state index is -4.48. The smallest absolute Gasteiger partial charge is 0.346 e. The van der Waals surface area contributed by atoms with Gasteiger partial charge in [-0.15, -0.1) is 0 Å². The SMILES string of the molecule is Cc1cc(F)ccc1[C@@]1(C)NC(=N)N(C)C(=O)[C@H]1c1ccc(C(F)(F)F)cc1. The van der Waals surface area contributed by atoms with E-state index in [1.807, 2.05) is 0 Å². The normalized spacial score (nSPS) is 23.0. The molecule has 148 valence electrons. The summed E-state index contributed by atoms with van der Waals surface area (Å²) >= 11 is 0. The van der Waals surface area contributed by atoms with Gasteiger partial charge < -0.3 is 5.32 Å². The van der Waals surface area contributed by atoms with Crippen molar-refractivity contribution in [3.63, 3.8) is 0 Å². The van der Waals surface area contributed by atoms with Crippen LogP contribution >= 0.6 is 0 Å². The molecule has 2 aromatic carbocycles. The maximum atomic E-state index is 13.6. The summed E-state index contributed by atoms with van der Waals surface area (Å²) in [4.78, 5) is 14.1. The molecule has 0 saturated carbocycles. The molecule has 0 bridgehead atoms. The van der Waals surface area contributed by atoms with Gasteiger partial charge in [-0.05, 0) is 54.8 Å². The van der Waals surface area contributed by atoms with Gasteiger partial charge in [-0.1, -0.05) is 18.2 Å². The molecule has 1 amide bonds. The molecule has 0 aromatic heterocycles. The number of nitrogens with zero attached hydrogens (tertiary/aromatic N) is 1.